The fraction of sp³-hybridized carbons (Fsp3) is 0.606. The van der Waals surface area contributed by atoms with Crippen LogP contribution in [0, 0.1) is 5.92 Å². The summed E-state index contributed by atoms with van der Waals surface area (Å²) in [4.78, 5) is 12.5. The molecule has 0 fully saturated rings. The first kappa shape index (κ1) is 30.7. The van der Waals surface area contributed by atoms with E-state index in [1.165, 1.54) is 77.0 Å². The van der Waals surface area contributed by atoms with Gasteiger partial charge in [-0.1, -0.05) is 97.8 Å². The van der Waals surface area contributed by atoms with Crippen molar-refractivity contribution in [3.8, 4) is 17.2 Å². The van der Waals surface area contributed by atoms with Crippen molar-refractivity contribution in [2.45, 2.75) is 111 Å². The van der Waals surface area contributed by atoms with E-state index in [9.17, 15) is 4.79 Å². The molecule has 4 nitrogen and oxygen atoms in total. The molecule has 4 heteroatoms. The van der Waals surface area contributed by atoms with Crippen LogP contribution < -0.4 is 14.2 Å². The maximum atomic E-state index is 12.5. The lowest BCUT2D eigenvalue weighted by Gasteiger charge is -2.11. The van der Waals surface area contributed by atoms with Gasteiger partial charge >= 0.3 is 5.97 Å². The molecule has 0 aliphatic heterocycles. The zero-order valence-corrected chi connectivity index (χ0v) is 23.6. The van der Waals surface area contributed by atoms with Crippen molar-refractivity contribution in [3.63, 3.8) is 0 Å². The van der Waals surface area contributed by atoms with Crippen molar-refractivity contribution < 1.29 is 19.0 Å². The molecular weight excluding hydrogens is 460 g/mol. The van der Waals surface area contributed by atoms with Crippen LogP contribution in [0.3, 0.4) is 0 Å². The molecule has 2 aromatic carbocycles. The van der Waals surface area contributed by atoms with Crippen molar-refractivity contribution in [2.24, 2.45) is 5.92 Å². The van der Waals surface area contributed by atoms with E-state index in [1.807, 2.05) is 24.3 Å². The summed E-state index contributed by atoms with van der Waals surface area (Å²) >= 11 is 0. The number of esters is 1. The molecule has 0 N–H and O–H groups in total. The van der Waals surface area contributed by atoms with Crippen LogP contribution in [-0.4, -0.2) is 19.2 Å². The van der Waals surface area contributed by atoms with E-state index in [4.69, 9.17) is 14.2 Å². The van der Waals surface area contributed by atoms with Gasteiger partial charge in [0.05, 0.1) is 18.8 Å². The summed E-state index contributed by atoms with van der Waals surface area (Å²) in [6, 6.07) is 14.5. The average Bonchev–Trinajstić information content (AvgIpc) is 2.92. The number of rotatable bonds is 21. The molecule has 0 aliphatic rings. The summed E-state index contributed by atoms with van der Waals surface area (Å²) in [6.45, 7) is 8.29. The minimum Gasteiger partial charge on any atom is -0.494 e. The van der Waals surface area contributed by atoms with E-state index in [2.05, 4.69) is 20.8 Å². The number of ether oxygens (including phenoxy) is 3. The van der Waals surface area contributed by atoms with Crippen LogP contribution in [-0.2, 0) is 0 Å². The summed E-state index contributed by atoms with van der Waals surface area (Å²) < 4.78 is 17.2. The van der Waals surface area contributed by atoms with Crippen LogP contribution in [0.25, 0.3) is 0 Å². The SMILES string of the molecule is CCCCCCCCCOc1ccc(C(=O)Oc2ccc(OCCCCC[C@@H](C)CCCC)cc2)cc1. The fourth-order valence-corrected chi connectivity index (χ4v) is 4.36. The van der Waals surface area contributed by atoms with Gasteiger partial charge < -0.3 is 14.2 Å². The van der Waals surface area contributed by atoms with Gasteiger partial charge in [-0.15, -0.1) is 0 Å². The molecule has 0 bridgehead atoms. The molecule has 0 saturated carbocycles. The molecule has 0 unspecified atom stereocenters. The van der Waals surface area contributed by atoms with Crippen LogP contribution in [0.15, 0.2) is 48.5 Å². The average molecular weight is 511 g/mol. The highest BCUT2D eigenvalue weighted by Gasteiger charge is 2.09. The van der Waals surface area contributed by atoms with E-state index in [1.54, 1.807) is 24.3 Å². The number of carbonyl (C=O) groups excluding carboxylic acids is 1. The Morgan fingerprint density at radius 3 is 1.65 bits per heavy atom. The van der Waals surface area contributed by atoms with E-state index in [0.717, 1.165) is 36.9 Å². The van der Waals surface area contributed by atoms with Gasteiger partial charge in [0, 0.05) is 0 Å². The van der Waals surface area contributed by atoms with Gasteiger partial charge in [-0.25, -0.2) is 4.79 Å². The van der Waals surface area contributed by atoms with Gasteiger partial charge in [-0.05, 0) is 67.3 Å². The highest BCUT2D eigenvalue weighted by Crippen LogP contribution is 2.21. The van der Waals surface area contributed by atoms with Gasteiger partial charge in [0.2, 0.25) is 0 Å². The maximum absolute atomic E-state index is 12.5. The molecular formula is C33H50O4. The predicted octanol–water partition coefficient (Wildman–Crippen LogP) is 9.80. The van der Waals surface area contributed by atoms with Crippen LogP contribution >= 0.6 is 0 Å². The zero-order chi connectivity index (χ0) is 26.6. The third-order valence-electron chi connectivity index (χ3n) is 6.80. The molecule has 0 radical (unpaired) electrons. The Morgan fingerprint density at radius 1 is 0.595 bits per heavy atom. The highest BCUT2D eigenvalue weighted by molar-refractivity contribution is 5.91. The first-order valence-electron chi connectivity index (χ1n) is 14.8. The first-order valence-corrected chi connectivity index (χ1v) is 14.8. The smallest absolute Gasteiger partial charge is 0.343 e. The number of hydrogen-bond acceptors (Lipinski definition) is 4. The van der Waals surface area contributed by atoms with Gasteiger partial charge in [0.1, 0.15) is 17.2 Å². The van der Waals surface area contributed by atoms with Crippen LogP contribution in [0.2, 0.25) is 0 Å². The quantitative estimate of drug-likeness (QED) is 0.0952. The van der Waals surface area contributed by atoms with E-state index >= 15 is 0 Å². The van der Waals surface area contributed by atoms with Crippen molar-refractivity contribution >= 4 is 5.97 Å². The standard InChI is InChI=1S/C33H50O4/c1-4-6-8-9-10-11-14-26-35-30-20-18-29(19-21-30)33(34)37-32-24-22-31(23-25-32)36-27-15-12-13-17-28(3)16-7-5-2/h18-25,28H,4-17,26-27H2,1-3H3/t28-/m0/s1. The molecule has 0 aliphatic carbocycles. The van der Waals surface area contributed by atoms with Crippen molar-refractivity contribution in [1.82, 2.24) is 0 Å². The molecule has 0 spiro atoms. The maximum Gasteiger partial charge on any atom is 0.343 e. The summed E-state index contributed by atoms with van der Waals surface area (Å²) in [5.41, 5.74) is 0.507. The fourth-order valence-electron chi connectivity index (χ4n) is 4.36. The number of unbranched alkanes of at least 4 members (excludes halogenated alkanes) is 9. The Balaban J connectivity index is 1.60. The highest BCUT2D eigenvalue weighted by atomic mass is 16.5. The van der Waals surface area contributed by atoms with Crippen LogP contribution in [0.1, 0.15) is 121 Å². The Bertz CT molecular complexity index is 828. The van der Waals surface area contributed by atoms with Gasteiger partial charge in [-0.2, -0.15) is 0 Å². The number of benzene rings is 2. The second kappa shape index (κ2) is 19.6. The lowest BCUT2D eigenvalue weighted by molar-refractivity contribution is 0.0734. The second-order valence-electron chi connectivity index (χ2n) is 10.3. The Morgan fingerprint density at radius 2 is 1.05 bits per heavy atom. The molecule has 2 rings (SSSR count). The summed E-state index contributed by atoms with van der Waals surface area (Å²) in [5, 5.41) is 0. The minimum absolute atomic E-state index is 0.375. The largest absolute Gasteiger partial charge is 0.494 e. The molecule has 0 heterocycles. The van der Waals surface area contributed by atoms with Crippen molar-refractivity contribution in [2.75, 3.05) is 13.2 Å². The lowest BCUT2D eigenvalue weighted by Crippen LogP contribution is -2.08. The topological polar surface area (TPSA) is 44.8 Å². The second-order valence-corrected chi connectivity index (χ2v) is 10.3. The summed E-state index contributed by atoms with van der Waals surface area (Å²) in [7, 11) is 0. The van der Waals surface area contributed by atoms with Gasteiger partial charge in [-0.3, -0.25) is 0 Å². The van der Waals surface area contributed by atoms with E-state index < -0.39 is 0 Å². The summed E-state index contributed by atoms with van der Waals surface area (Å²) in [5.74, 6) is 2.56. The normalized spacial score (nSPS) is 11.8. The van der Waals surface area contributed by atoms with Gasteiger partial charge in [0.15, 0.2) is 0 Å². The van der Waals surface area contributed by atoms with E-state index in [0.29, 0.717) is 17.9 Å². The molecule has 206 valence electrons. The van der Waals surface area contributed by atoms with Crippen molar-refractivity contribution in [1.29, 1.82) is 0 Å². The van der Waals surface area contributed by atoms with Crippen molar-refractivity contribution in [3.05, 3.63) is 54.1 Å². The molecule has 0 amide bonds. The molecule has 0 aromatic heterocycles. The molecule has 1 atom stereocenters. The Hall–Kier alpha value is -2.49. The Kier molecular flexibility index (Phi) is 16.3. The third-order valence-corrected chi connectivity index (χ3v) is 6.80. The summed E-state index contributed by atoms with van der Waals surface area (Å²) in [6.07, 6.45) is 17.7. The zero-order valence-electron chi connectivity index (χ0n) is 23.6. The third kappa shape index (κ3) is 14.1. The van der Waals surface area contributed by atoms with Crippen LogP contribution in [0.4, 0.5) is 0 Å². The molecule has 2 aromatic rings. The first-order chi connectivity index (χ1) is 18.1. The van der Waals surface area contributed by atoms with E-state index in [-0.39, 0.29) is 5.97 Å². The Labute approximate surface area is 226 Å². The monoisotopic (exact) mass is 510 g/mol. The predicted molar refractivity (Wildman–Crippen MR) is 154 cm³/mol. The van der Waals surface area contributed by atoms with Crippen LogP contribution in [0.5, 0.6) is 17.2 Å². The number of hydrogen-bond donors (Lipinski definition) is 0. The van der Waals surface area contributed by atoms with Gasteiger partial charge in [0.25, 0.3) is 0 Å². The minimum atomic E-state index is -0.375. The number of carbonyl (C=O) groups is 1. The molecule has 0 saturated heterocycles. The molecule has 37 heavy (non-hydrogen) atoms. The lowest BCUT2D eigenvalue weighted by atomic mass is 9.98.